The van der Waals surface area contributed by atoms with E-state index < -0.39 is 5.41 Å². The molecular formula is C58H35N3O. The summed E-state index contributed by atoms with van der Waals surface area (Å²) in [5.41, 5.74) is 18.7. The van der Waals surface area contributed by atoms with Crippen LogP contribution in [-0.4, -0.2) is 15.0 Å². The van der Waals surface area contributed by atoms with Gasteiger partial charge < -0.3 is 4.42 Å². The van der Waals surface area contributed by atoms with E-state index in [-0.39, 0.29) is 0 Å². The number of fused-ring (bicyclic) bond motifs is 13. The maximum atomic E-state index is 6.57. The van der Waals surface area contributed by atoms with Crippen LogP contribution in [0, 0.1) is 0 Å². The average molecular weight is 790 g/mol. The largest absolute Gasteiger partial charge is 0.456 e. The number of hydrogen-bond donors (Lipinski definition) is 0. The smallest absolute Gasteiger partial charge is 0.164 e. The van der Waals surface area contributed by atoms with Crippen molar-refractivity contribution in [1.82, 2.24) is 15.0 Å². The molecule has 0 aliphatic heterocycles. The predicted octanol–water partition coefficient (Wildman–Crippen LogP) is 14.4. The Labute approximate surface area is 358 Å². The van der Waals surface area contributed by atoms with E-state index in [1.807, 2.05) is 18.2 Å². The third-order valence-corrected chi connectivity index (χ3v) is 13.0. The Bertz CT molecular complexity index is 3530. The van der Waals surface area contributed by atoms with Crippen LogP contribution < -0.4 is 0 Å². The number of aromatic nitrogens is 3. The molecule has 4 heteroatoms. The van der Waals surface area contributed by atoms with Gasteiger partial charge in [-0.05, 0) is 91.0 Å². The topological polar surface area (TPSA) is 51.8 Å². The van der Waals surface area contributed by atoms with Crippen molar-refractivity contribution in [3.05, 3.63) is 235 Å². The van der Waals surface area contributed by atoms with Gasteiger partial charge in [0.1, 0.15) is 11.2 Å². The standard InChI is InChI=1S/C58H35N3O/c1-3-14-36(15-4-1)37-26-28-39(29-27-37)55-59-56(61-57(60-55)41-30-32-46-53(35-41)62-52-25-13-21-42(54(46)52)38-16-5-2-6-17-38)40-31-33-51-47(34-40)45-20-9-12-24-50(45)58(51)48-22-10-7-18-43(48)44-19-8-11-23-49(44)58/h1-35H. The molecule has 0 atom stereocenters. The average Bonchev–Trinajstić information content (AvgIpc) is 3.98. The molecule has 13 rings (SSSR count). The molecular weight excluding hydrogens is 755 g/mol. The normalized spacial score (nSPS) is 13.0. The van der Waals surface area contributed by atoms with Gasteiger partial charge in [0, 0.05) is 27.5 Å². The molecule has 2 aliphatic rings. The van der Waals surface area contributed by atoms with Gasteiger partial charge in [-0.2, -0.15) is 0 Å². The summed E-state index contributed by atoms with van der Waals surface area (Å²) in [6, 6.07) is 75.5. The second-order valence-corrected chi connectivity index (χ2v) is 16.3. The molecule has 2 aliphatic carbocycles. The van der Waals surface area contributed by atoms with Gasteiger partial charge in [-0.1, -0.05) is 188 Å². The van der Waals surface area contributed by atoms with E-state index in [4.69, 9.17) is 19.4 Å². The minimum atomic E-state index is -0.421. The maximum Gasteiger partial charge on any atom is 0.164 e. The highest BCUT2D eigenvalue weighted by atomic mass is 16.3. The Morgan fingerprint density at radius 3 is 1.39 bits per heavy atom. The zero-order valence-electron chi connectivity index (χ0n) is 33.5. The van der Waals surface area contributed by atoms with Gasteiger partial charge >= 0.3 is 0 Å². The maximum absolute atomic E-state index is 6.57. The van der Waals surface area contributed by atoms with Crippen LogP contribution in [0.2, 0.25) is 0 Å². The van der Waals surface area contributed by atoms with E-state index in [1.54, 1.807) is 0 Å². The van der Waals surface area contributed by atoms with Crippen LogP contribution in [0.15, 0.2) is 217 Å². The number of furan rings is 1. The van der Waals surface area contributed by atoms with Crippen LogP contribution in [0.4, 0.5) is 0 Å². The summed E-state index contributed by atoms with van der Waals surface area (Å²) in [6.07, 6.45) is 0. The van der Waals surface area contributed by atoms with Gasteiger partial charge in [0.05, 0.1) is 5.41 Å². The molecule has 0 fully saturated rings. The Balaban J connectivity index is 0.993. The van der Waals surface area contributed by atoms with Gasteiger partial charge in [-0.15, -0.1) is 0 Å². The lowest BCUT2D eigenvalue weighted by atomic mass is 9.70. The van der Waals surface area contributed by atoms with Crippen LogP contribution >= 0.6 is 0 Å². The van der Waals surface area contributed by atoms with E-state index in [2.05, 4.69) is 194 Å². The van der Waals surface area contributed by atoms with E-state index in [0.717, 1.165) is 60.9 Å². The van der Waals surface area contributed by atoms with Crippen LogP contribution in [0.1, 0.15) is 22.3 Å². The van der Waals surface area contributed by atoms with Crippen molar-refractivity contribution in [3.63, 3.8) is 0 Å². The zero-order valence-corrected chi connectivity index (χ0v) is 33.5. The molecule has 288 valence electrons. The summed E-state index contributed by atoms with van der Waals surface area (Å²) < 4.78 is 6.57. The lowest BCUT2D eigenvalue weighted by Crippen LogP contribution is -2.25. The SMILES string of the molecule is c1ccc(-c2ccc(-c3nc(-c4ccc5c(c4)-c4ccccc4C54c5ccccc5-c5ccccc54)nc(-c4ccc5c(c4)oc4cccc(-c6ccccc6)c45)n3)cc2)cc1. The first-order valence-corrected chi connectivity index (χ1v) is 21.1. The van der Waals surface area contributed by atoms with Crippen molar-refractivity contribution in [1.29, 1.82) is 0 Å². The fraction of sp³-hybridized carbons (Fsp3) is 0.0172. The first-order valence-electron chi connectivity index (χ1n) is 21.1. The van der Waals surface area contributed by atoms with Crippen molar-refractivity contribution < 1.29 is 4.42 Å². The molecule has 0 saturated carbocycles. The number of hydrogen-bond acceptors (Lipinski definition) is 4. The first kappa shape index (κ1) is 34.6. The second kappa shape index (κ2) is 13.4. The fourth-order valence-electron chi connectivity index (χ4n) is 10.3. The summed E-state index contributed by atoms with van der Waals surface area (Å²) in [4.78, 5) is 15.7. The molecule has 0 saturated heterocycles. The summed E-state index contributed by atoms with van der Waals surface area (Å²) in [7, 11) is 0. The second-order valence-electron chi connectivity index (χ2n) is 16.3. The highest BCUT2D eigenvalue weighted by molar-refractivity contribution is 6.13. The number of nitrogens with zero attached hydrogens (tertiary/aromatic N) is 3. The van der Waals surface area contributed by atoms with Gasteiger partial charge in [0.2, 0.25) is 0 Å². The molecule has 0 N–H and O–H groups in total. The molecule has 0 amide bonds. The molecule has 1 spiro atoms. The van der Waals surface area contributed by atoms with Crippen molar-refractivity contribution in [2.24, 2.45) is 0 Å². The third-order valence-electron chi connectivity index (χ3n) is 13.0. The fourth-order valence-corrected chi connectivity index (χ4v) is 10.3. The number of rotatable bonds is 5. The van der Waals surface area contributed by atoms with Crippen molar-refractivity contribution in [3.8, 4) is 78.7 Å². The van der Waals surface area contributed by atoms with E-state index >= 15 is 0 Å². The molecule has 9 aromatic carbocycles. The Morgan fingerprint density at radius 1 is 0.290 bits per heavy atom. The van der Waals surface area contributed by atoms with Gasteiger partial charge in [0.15, 0.2) is 17.5 Å². The van der Waals surface area contributed by atoms with Crippen molar-refractivity contribution in [2.75, 3.05) is 0 Å². The summed E-state index contributed by atoms with van der Waals surface area (Å²) >= 11 is 0. The summed E-state index contributed by atoms with van der Waals surface area (Å²) in [5.74, 6) is 1.80. The lowest BCUT2D eigenvalue weighted by molar-refractivity contribution is 0.669. The minimum absolute atomic E-state index is 0.421. The molecule has 0 bridgehead atoms. The summed E-state index contributed by atoms with van der Waals surface area (Å²) in [5, 5.41) is 2.15. The molecule has 0 unspecified atom stereocenters. The molecule has 62 heavy (non-hydrogen) atoms. The van der Waals surface area contributed by atoms with Crippen molar-refractivity contribution in [2.45, 2.75) is 5.41 Å². The lowest BCUT2D eigenvalue weighted by Gasteiger charge is -2.30. The van der Waals surface area contributed by atoms with Gasteiger partial charge in [-0.3, -0.25) is 0 Å². The van der Waals surface area contributed by atoms with Crippen LogP contribution in [0.3, 0.4) is 0 Å². The molecule has 2 heterocycles. The Hall–Kier alpha value is -8.21. The van der Waals surface area contributed by atoms with E-state index in [0.29, 0.717) is 17.5 Å². The van der Waals surface area contributed by atoms with Crippen molar-refractivity contribution >= 4 is 21.9 Å². The minimum Gasteiger partial charge on any atom is -0.456 e. The van der Waals surface area contributed by atoms with E-state index in [9.17, 15) is 0 Å². The number of benzene rings is 9. The highest BCUT2D eigenvalue weighted by Crippen LogP contribution is 2.63. The molecule has 2 aromatic heterocycles. The quantitative estimate of drug-likeness (QED) is 0.174. The predicted molar refractivity (Wildman–Crippen MR) is 251 cm³/mol. The molecule has 4 nitrogen and oxygen atoms in total. The third kappa shape index (κ3) is 5.04. The molecule has 11 aromatic rings. The van der Waals surface area contributed by atoms with E-state index in [1.165, 1.54) is 44.5 Å². The highest BCUT2D eigenvalue weighted by Gasteiger charge is 2.51. The van der Waals surface area contributed by atoms with Gasteiger partial charge in [0.25, 0.3) is 0 Å². The zero-order chi connectivity index (χ0) is 40.8. The first-order chi connectivity index (χ1) is 30.7. The van der Waals surface area contributed by atoms with Gasteiger partial charge in [-0.25, -0.2) is 15.0 Å². The van der Waals surface area contributed by atoms with Crippen LogP contribution in [0.25, 0.3) is 101 Å². The van der Waals surface area contributed by atoms with Crippen LogP contribution in [-0.2, 0) is 5.41 Å². The summed E-state index contributed by atoms with van der Waals surface area (Å²) in [6.45, 7) is 0. The molecule has 0 radical (unpaired) electrons. The Morgan fingerprint density at radius 2 is 0.742 bits per heavy atom. The van der Waals surface area contributed by atoms with Crippen LogP contribution in [0.5, 0.6) is 0 Å². The monoisotopic (exact) mass is 789 g/mol. The Kier molecular flexibility index (Phi) is 7.49.